The molecule has 0 aromatic carbocycles. The summed E-state index contributed by atoms with van der Waals surface area (Å²) >= 11 is 0. The van der Waals surface area contributed by atoms with Crippen LogP contribution in [0.4, 0.5) is 13.6 Å². The van der Waals surface area contributed by atoms with Gasteiger partial charge in [0.25, 0.3) is 0 Å². The third kappa shape index (κ3) is 10.2. The van der Waals surface area contributed by atoms with E-state index in [9.17, 15) is 41.5 Å². The number of piperidine rings is 1. The molecular formula is C29H52F2N6O7S. The number of nitrogens with one attached hydrogen (secondary N) is 5. The number of carbonyl (C=O) groups is 4. The number of likely N-dealkylation sites (tertiary alicyclic amines) is 1. The van der Waals surface area contributed by atoms with Crippen LogP contribution in [-0.2, 0) is 24.4 Å². The fourth-order valence-electron chi connectivity index (χ4n) is 5.82. The Morgan fingerprint density at radius 1 is 0.978 bits per heavy atom. The quantitative estimate of drug-likeness (QED) is 0.168. The number of alkyl halides is 2. The summed E-state index contributed by atoms with van der Waals surface area (Å²) in [5, 5.41) is 19.6. The van der Waals surface area contributed by atoms with Crippen LogP contribution >= 0.6 is 0 Å². The van der Waals surface area contributed by atoms with Crippen molar-refractivity contribution in [3.05, 3.63) is 0 Å². The summed E-state index contributed by atoms with van der Waals surface area (Å²) in [6.07, 6.45) is -2.86. The molecule has 0 spiro atoms. The largest absolute Gasteiger partial charge is 0.394 e. The zero-order valence-electron chi connectivity index (χ0n) is 28.0. The van der Waals surface area contributed by atoms with E-state index < -0.39 is 94.3 Å². The van der Waals surface area contributed by atoms with Crippen LogP contribution in [0.25, 0.3) is 0 Å². The number of hydrogen-bond donors (Lipinski definition) is 6. The van der Waals surface area contributed by atoms with Gasteiger partial charge in [0.05, 0.1) is 12.9 Å². The maximum atomic E-state index is 14.1. The lowest BCUT2D eigenvalue weighted by Gasteiger charge is -2.38. The second kappa shape index (κ2) is 14.0. The average Bonchev–Trinajstić information content (AvgIpc) is 3.19. The number of nitrogens with zero attached hydrogens (tertiary/aromatic N) is 1. The zero-order valence-corrected chi connectivity index (χ0v) is 28.8. The van der Waals surface area contributed by atoms with Gasteiger partial charge < -0.3 is 31.3 Å². The molecule has 5 amide bonds. The van der Waals surface area contributed by atoms with E-state index in [-0.39, 0.29) is 30.3 Å². The monoisotopic (exact) mass is 666 g/mol. The molecule has 1 aliphatic carbocycles. The standard InChI is InChI=1S/C29H52F2N6O7S/c1-15(14-38)33-23(39)17(11-19(30)31)34-24(40)21-20-16(29(20,8)9)13-37(21)25(41)22(28(5,6)7)36-26(42)35-18(27(2,3)4)12-32-45(10,43)44/h15-22,32,38H,11-14H2,1-10H3,(H,33,39)(H,34,40)(H2,35,36,42)/t15?,16-,17-,18+,20-,21-,22+/m0/s1. The van der Waals surface area contributed by atoms with Gasteiger partial charge >= 0.3 is 6.03 Å². The summed E-state index contributed by atoms with van der Waals surface area (Å²) in [4.78, 5) is 55.1. The Kier molecular flexibility index (Phi) is 12.0. The van der Waals surface area contributed by atoms with Crippen LogP contribution in [0, 0.1) is 28.1 Å². The van der Waals surface area contributed by atoms with Gasteiger partial charge in [-0.05, 0) is 35.0 Å². The first-order chi connectivity index (χ1) is 20.3. The summed E-state index contributed by atoms with van der Waals surface area (Å²) in [7, 11) is -3.54. The van der Waals surface area contributed by atoms with Crippen LogP contribution in [0.2, 0.25) is 0 Å². The lowest BCUT2D eigenvalue weighted by molar-refractivity contribution is -0.144. The number of urea groups is 1. The lowest BCUT2D eigenvalue weighted by atomic mass is 9.85. The Morgan fingerprint density at radius 2 is 1.56 bits per heavy atom. The molecule has 2 rings (SSSR count). The molecular weight excluding hydrogens is 614 g/mol. The smallest absolute Gasteiger partial charge is 0.315 e. The van der Waals surface area contributed by atoms with Crippen molar-refractivity contribution in [3.8, 4) is 0 Å². The zero-order chi connectivity index (χ0) is 34.9. The number of halogens is 2. The fraction of sp³-hybridized carbons (Fsp3) is 0.862. The number of sulfonamides is 1. The second-order valence-corrected chi connectivity index (χ2v) is 17.0. The Labute approximate surface area is 265 Å². The first kappa shape index (κ1) is 38.6. The predicted molar refractivity (Wildman–Crippen MR) is 165 cm³/mol. The molecule has 45 heavy (non-hydrogen) atoms. The highest BCUT2D eigenvalue weighted by Gasteiger charge is 2.70. The van der Waals surface area contributed by atoms with E-state index in [4.69, 9.17) is 0 Å². The highest BCUT2D eigenvalue weighted by atomic mass is 32.2. The summed E-state index contributed by atoms with van der Waals surface area (Å²) in [6, 6.07) is -5.87. The fourth-order valence-corrected chi connectivity index (χ4v) is 6.29. The average molecular weight is 667 g/mol. The van der Waals surface area contributed by atoms with E-state index in [1.807, 2.05) is 34.6 Å². The lowest BCUT2D eigenvalue weighted by Crippen LogP contribution is -2.63. The molecule has 1 unspecified atom stereocenters. The van der Waals surface area contributed by atoms with Gasteiger partial charge in [-0.2, -0.15) is 0 Å². The first-order valence-corrected chi connectivity index (χ1v) is 17.0. The van der Waals surface area contributed by atoms with Gasteiger partial charge in [-0.1, -0.05) is 55.4 Å². The van der Waals surface area contributed by atoms with Crippen molar-refractivity contribution >= 4 is 33.8 Å². The molecule has 2 fully saturated rings. The molecule has 1 saturated carbocycles. The van der Waals surface area contributed by atoms with Crippen molar-refractivity contribution in [1.29, 1.82) is 0 Å². The molecule has 1 saturated heterocycles. The van der Waals surface area contributed by atoms with Crippen molar-refractivity contribution in [2.24, 2.45) is 28.1 Å². The van der Waals surface area contributed by atoms with Crippen molar-refractivity contribution in [1.82, 2.24) is 30.9 Å². The molecule has 0 bridgehead atoms. The molecule has 2 aliphatic rings. The highest BCUT2D eigenvalue weighted by Crippen LogP contribution is 2.65. The molecule has 0 aromatic heterocycles. The molecule has 7 atom stereocenters. The SMILES string of the molecule is CC(CO)NC(=O)[C@H](CC(F)F)NC(=O)[C@@H]1[C@@H]2[C@H](CN1C(=O)[C@@H](NC(=O)N[C@H](CNS(C)(=O)=O)C(C)(C)C)C(C)(C)C)C2(C)C. The maximum Gasteiger partial charge on any atom is 0.315 e. The van der Waals surface area contributed by atoms with E-state index in [1.165, 1.54) is 11.8 Å². The van der Waals surface area contributed by atoms with E-state index in [1.54, 1.807) is 20.8 Å². The van der Waals surface area contributed by atoms with Crippen molar-refractivity contribution in [2.45, 2.75) is 105 Å². The molecule has 260 valence electrons. The minimum atomic E-state index is -3.54. The van der Waals surface area contributed by atoms with Gasteiger partial charge in [-0.15, -0.1) is 0 Å². The first-order valence-electron chi connectivity index (χ1n) is 15.1. The minimum Gasteiger partial charge on any atom is -0.394 e. The molecule has 0 aromatic rings. The second-order valence-electron chi connectivity index (χ2n) is 15.1. The summed E-state index contributed by atoms with van der Waals surface area (Å²) < 4.78 is 52.6. The van der Waals surface area contributed by atoms with Gasteiger partial charge in [0.15, 0.2) is 0 Å². The van der Waals surface area contributed by atoms with E-state index >= 15 is 0 Å². The van der Waals surface area contributed by atoms with E-state index in [0.29, 0.717) is 0 Å². The third-order valence-corrected chi connectivity index (χ3v) is 9.45. The molecule has 1 aliphatic heterocycles. The number of fused-ring (bicyclic) bond motifs is 1. The molecule has 16 heteroatoms. The van der Waals surface area contributed by atoms with E-state index in [0.717, 1.165) is 6.26 Å². The van der Waals surface area contributed by atoms with Crippen LogP contribution in [0.1, 0.15) is 68.7 Å². The maximum absolute atomic E-state index is 14.1. The van der Waals surface area contributed by atoms with Crippen molar-refractivity contribution < 1.29 is 41.5 Å². The number of hydrogen-bond acceptors (Lipinski definition) is 7. The molecule has 1 heterocycles. The van der Waals surface area contributed by atoms with Crippen LogP contribution in [0.3, 0.4) is 0 Å². The van der Waals surface area contributed by atoms with Crippen molar-refractivity contribution in [2.75, 3.05) is 26.0 Å². The molecule has 6 N–H and O–H groups in total. The van der Waals surface area contributed by atoms with E-state index in [2.05, 4.69) is 26.0 Å². The molecule has 13 nitrogen and oxygen atoms in total. The number of carbonyl (C=O) groups excluding carboxylic acids is 4. The van der Waals surface area contributed by atoms with Gasteiger partial charge in [-0.3, -0.25) is 14.4 Å². The van der Waals surface area contributed by atoms with Gasteiger partial charge in [-0.25, -0.2) is 26.7 Å². The molecule has 0 radical (unpaired) electrons. The third-order valence-electron chi connectivity index (χ3n) is 8.76. The summed E-state index contributed by atoms with van der Waals surface area (Å²) in [5.41, 5.74) is -1.71. The van der Waals surface area contributed by atoms with Crippen LogP contribution in [-0.4, -0.2) is 105 Å². The Hall–Kier alpha value is -2.59. The van der Waals surface area contributed by atoms with Gasteiger partial charge in [0.1, 0.15) is 18.1 Å². The van der Waals surface area contributed by atoms with Crippen LogP contribution in [0.5, 0.6) is 0 Å². The summed E-state index contributed by atoms with van der Waals surface area (Å²) in [6.45, 7) is 15.7. The Bertz CT molecular complexity index is 1220. The normalized spacial score (nSPS) is 23.8. The van der Waals surface area contributed by atoms with Gasteiger partial charge in [0, 0.05) is 31.6 Å². The number of amides is 5. The number of rotatable bonds is 13. The summed E-state index contributed by atoms with van der Waals surface area (Å²) in [5.74, 6) is -2.54. The highest BCUT2D eigenvalue weighted by molar-refractivity contribution is 7.88. The topological polar surface area (TPSA) is 186 Å². The predicted octanol–water partition coefficient (Wildman–Crippen LogP) is 0.784. The van der Waals surface area contributed by atoms with Gasteiger partial charge in [0.2, 0.25) is 34.2 Å². The number of aliphatic hydroxyl groups is 1. The minimum absolute atomic E-state index is 0.0595. The number of aliphatic hydroxyl groups excluding tert-OH is 1. The Morgan fingerprint density at radius 3 is 2.02 bits per heavy atom. The van der Waals surface area contributed by atoms with Crippen molar-refractivity contribution in [3.63, 3.8) is 0 Å². The Balaban J connectivity index is 2.32. The van der Waals surface area contributed by atoms with Crippen LogP contribution in [0.15, 0.2) is 0 Å². The van der Waals surface area contributed by atoms with Crippen LogP contribution < -0.4 is 26.0 Å².